The van der Waals surface area contributed by atoms with E-state index in [0.29, 0.717) is 27.6 Å². The maximum Gasteiger partial charge on any atom is 0.397 e. The fraction of sp³-hybridized carbons (Fsp3) is 0.524. The third-order valence-electron chi connectivity index (χ3n) is 10.7. The second kappa shape index (κ2) is 25.8. The molecule has 0 aliphatic heterocycles. The van der Waals surface area contributed by atoms with Gasteiger partial charge in [-0.15, -0.1) is 0 Å². The van der Waals surface area contributed by atoms with Crippen LogP contribution in [-0.4, -0.2) is 202 Å². The first-order chi connectivity index (χ1) is 32.9. The maximum atomic E-state index is 14.7. The van der Waals surface area contributed by atoms with Gasteiger partial charge in [0.2, 0.25) is 20.0 Å². The molecule has 28 heteroatoms. The van der Waals surface area contributed by atoms with Crippen LogP contribution < -0.4 is 20.3 Å². The molecule has 25 nitrogen and oxygen atoms in total. The van der Waals surface area contributed by atoms with Crippen LogP contribution in [0, 0.1) is 0 Å². The number of nitrogens with one attached hydrogen (secondary N) is 2. The predicted molar refractivity (Wildman–Crippen MR) is 252 cm³/mol. The average Bonchev–Trinajstić information content (AvgIpc) is 3.27. The fourth-order valence-electron chi connectivity index (χ4n) is 7.32. The van der Waals surface area contributed by atoms with E-state index in [2.05, 4.69) is 14.8 Å². The zero-order valence-corrected chi connectivity index (χ0v) is 41.3. The number of ether oxygens (including phenoxy) is 4. The number of anilines is 1. The summed E-state index contributed by atoms with van der Waals surface area (Å²) >= 11 is 0. The number of benzene rings is 4. The standard InChI is InChI=1S/C42H59N5O20S3/c1-45(2)33-25-34(66-21-19-64-17-15-63-16-18-65-20-22-67-70(60,61)62)28-8-10-30-36(69(58,59)47(4)14-6-12-44-32(42(54)55)24-38(50)51)26-35(29-9-7-27(33)39(28)40(29)30)68(56,57)46(3)13-5-11-43-31(41(52)53)23-37(48)49/h7-10,25-26,31-32,43-44H,5-6,11-24H2,1-4H3,(H,48,49)(H,50,51)(H,52,53)(H,54,55)(H,60,61,62). The molecule has 2 atom stereocenters. The van der Waals surface area contributed by atoms with E-state index in [4.69, 9.17) is 33.7 Å². The molecule has 2 unspecified atom stereocenters. The van der Waals surface area contributed by atoms with Gasteiger partial charge in [0.15, 0.2) is 0 Å². The van der Waals surface area contributed by atoms with Crippen molar-refractivity contribution >= 4 is 92.3 Å². The van der Waals surface area contributed by atoms with Gasteiger partial charge in [0.1, 0.15) is 24.4 Å². The summed E-state index contributed by atoms with van der Waals surface area (Å²) in [4.78, 5) is 46.6. The molecule has 0 fully saturated rings. The molecule has 0 radical (unpaired) electrons. The van der Waals surface area contributed by atoms with Gasteiger partial charge in [0.05, 0.1) is 68.9 Å². The van der Waals surface area contributed by atoms with E-state index in [1.54, 1.807) is 44.4 Å². The molecule has 0 spiro atoms. The van der Waals surface area contributed by atoms with Crippen LogP contribution >= 0.6 is 0 Å². The molecule has 0 saturated carbocycles. The number of carboxylic acids is 4. The minimum atomic E-state index is -4.55. The molecule has 0 aromatic heterocycles. The molecular formula is C42H59N5O20S3. The van der Waals surface area contributed by atoms with Crippen LogP contribution in [0.15, 0.2) is 46.2 Å². The van der Waals surface area contributed by atoms with Gasteiger partial charge >= 0.3 is 34.3 Å². The van der Waals surface area contributed by atoms with E-state index in [9.17, 15) is 54.6 Å². The van der Waals surface area contributed by atoms with Gasteiger partial charge in [-0.05, 0) is 38.1 Å². The van der Waals surface area contributed by atoms with Crippen molar-refractivity contribution in [2.45, 2.75) is 47.6 Å². The number of hydrogen-bond acceptors (Lipinski definition) is 18. The molecule has 7 N–H and O–H groups in total. The Kier molecular flexibility index (Phi) is 21.2. The molecule has 4 aromatic carbocycles. The van der Waals surface area contributed by atoms with E-state index in [1.165, 1.54) is 14.1 Å². The SMILES string of the molecule is CN(C)c1cc(OCCOCCOCCOCCOS(=O)(=O)O)c2ccc3c(S(=O)(=O)N(C)CCCNC(CC(=O)O)C(=O)O)cc(S(=O)(=O)N(C)CCCNC(CC(=O)O)C(=O)O)c4ccc1c2c34. The van der Waals surface area contributed by atoms with Crippen molar-refractivity contribution in [2.24, 2.45) is 0 Å². The third kappa shape index (κ3) is 15.7. The first kappa shape index (κ1) is 57.5. The summed E-state index contributed by atoms with van der Waals surface area (Å²) in [5, 5.41) is 44.5. The van der Waals surface area contributed by atoms with Crippen LogP contribution in [0.4, 0.5) is 5.69 Å². The third-order valence-corrected chi connectivity index (χ3v) is 15.0. The van der Waals surface area contributed by atoms with Gasteiger partial charge in [0.25, 0.3) is 0 Å². The predicted octanol–water partition coefficient (Wildman–Crippen LogP) is 0.954. The normalized spacial score (nSPS) is 13.4. The largest absolute Gasteiger partial charge is 0.490 e. The van der Waals surface area contributed by atoms with E-state index in [-0.39, 0.29) is 118 Å². The lowest BCUT2D eigenvalue weighted by molar-refractivity contribution is -0.145. The highest BCUT2D eigenvalue weighted by molar-refractivity contribution is 7.90. The summed E-state index contributed by atoms with van der Waals surface area (Å²) in [5.41, 5.74) is 0.648. The second-order valence-electron chi connectivity index (χ2n) is 15.9. The van der Waals surface area contributed by atoms with Crippen molar-refractivity contribution in [1.29, 1.82) is 0 Å². The zero-order chi connectivity index (χ0) is 52.0. The number of hydrogen-bond donors (Lipinski definition) is 7. The highest BCUT2D eigenvalue weighted by atomic mass is 32.3. The highest BCUT2D eigenvalue weighted by Crippen LogP contribution is 2.46. The van der Waals surface area contributed by atoms with Gasteiger partial charge in [0, 0.05) is 85.4 Å². The molecule has 0 aliphatic carbocycles. The Morgan fingerprint density at radius 2 is 0.971 bits per heavy atom. The van der Waals surface area contributed by atoms with E-state index < -0.39 is 79.2 Å². The number of carboxylic acid groups (broad SMARTS) is 4. The Labute approximate surface area is 404 Å². The molecule has 4 rings (SSSR count). The van der Waals surface area contributed by atoms with Crippen LogP contribution in [0.2, 0.25) is 0 Å². The minimum Gasteiger partial charge on any atom is -0.490 e. The second-order valence-corrected chi connectivity index (χ2v) is 21.0. The molecule has 4 aromatic rings. The van der Waals surface area contributed by atoms with Crippen LogP contribution in [0.25, 0.3) is 32.3 Å². The zero-order valence-electron chi connectivity index (χ0n) is 38.9. The van der Waals surface area contributed by atoms with Crippen molar-refractivity contribution in [3.05, 3.63) is 36.4 Å². The van der Waals surface area contributed by atoms with Gasteiger partial charge in [-0.3, -0.25) is 23.7 Å². The van der Waals surface area contributed by atoms with Crippen molar-refractivity contribution in [1.82, 2.24) is 19.2 Å². The lowest BCUT2D eigenvalue weighted by Gasteiger charge is -2.25. The Bertz CT molecular complexity index is 2700. The average molecular weight is 1050 g/mol. The first-order valence-corrected chi connectivity index (χ1v) is 25.8. The summed E-state index contributed by atoms with van der Waals surface area (Å²) < 4.78 is 117. The Hall–Kier alpha value is -5.11. The monoisotopic (exact) mass is 1050 g/mol. The molecule has 70 heavy (non-hydrogen) atoms. The highest BCUT2D eigenvalue weighted by Gasteiger charge is 2.32. The van der Waals surface area contributed by atoms with Crippen LogP contribution in [-0.2, 0) is 68.0 Å². The first-order valence-electron chi connectivity index (χ1n) is 21.6. The molecule has 0 bridgehead atoms. The number of rotatable bonds is 35. The summed E-state index contributed by atoms with van der Waals surface area (Å²) in [6, 6.07) is 6.56. The molecule has 390 valence electrons. The van der Waals surface area contributed by atoms with Gasteiger partial charge in [-0.1, -0.05) is 18.2 Å². The Morgan fingerprint density at radius 1 is 0.571 bits per heavy atom. The van der Waals surface area contributed by atoms with Gasteiger partial charge < -0.3 is 54.9 Å². The molecule has 0 saturated heterocycles. The number of nitrogens with zero attached hydrogens (tertiary/aromatic N) is 3. The molecule has 0 amide bonds. The lowest BCUT2D eigenvalue weighted by Crippen LogP contribution is -2.40. The van der Waals surface area contributed by atoms with Crippen molar-refractivity contribution < 1.29 is 92.5 Å². The quantitative estimate of drug-likeness (QED) is 0.0192. The number of carbonyl (C=O) groups is 4. The summed E-state index contributed by atoms with van der Waals surface area (Å²) in [6.45, 7) is -0.103. The van der Waals surface area contributed by atoms with Crippen molar-refractivity contribution in [2.75, 3.05) is 112 Å². The maximum absolute atomic E-state index is 14.7. The van der Waals surface area contributed by atoms with Crippen LogP contribution in [0.1, 0.15) is 25.7 Å². The van der Waals surface area contributed by atoms with Crippen molar-refractivity contribution in [3.8, 4) is 5.75 Å². The summed E-state index contributed by atoms with van der Waals surface area (Å²) in [6.07, 6.45) is -1.34. The van der Waals surface area contributed by atoms with E-state index >= 15 is 0 Å². The van der Waals surface area contributed by atoms with Gasteiger partial charge in [-0.25, -0.2) is 29.6 Å². The smallest absolute Gasteiger partial charge is 0.397 e. The van der Waals surface area contributed by atoms with E-state index in [1.807, 2.05) is 4.90 Å². The number of aliphatic carboxylic acids is 4. The topological polar surface area (TPSA) is 352 Å². The molecule has 0 aliphatic rings. The van der Waals surface area contributed by atoms with Gasteiger partial charge in [-0.2, -0.15) is 8.42 Å². The van der Waals surface area contributed by atoms with Crippen molar-refractivity contribution in [3.63, 3.8) is 0 Å². The Balaban J connectivity index is 1.68. The molecular weight excluding hydrogens is 991 g/mol. The summed E-state index contributed by atoms with van der Waals surface area (Å²) in [5.74, 6) is -5.12. The van der Waals surface area contributed by atoms with Crippen LogP contribution in [0.3, 0.4) is 0 Å². The Morgan fingerprint density at radius 3 is 1.39 bits per heavy atom. The fourth-order valence-corrected chi connectivity index (χ4v) is 10.5. The summed E-state index contributed by atoms with van der Waals surface area (Å²) in [7, 11) is -7.51. The minimum absolute atomic E-state index is 0.0426. The molecule has 0 heterocycles. The van der Waals surface area contributed by atoms with Crippen LogP contribution in [0.5, 0.6) is 5.75 Å². The van der Waals surface area contributed by atoms with E-state index in [0.717, 1.165) is 14.7 Å². The lowest BCUT2D eigenvalue weighted by atomic mass is 9.92. The number of sulfonamides is 2.